The van der Waals surface area contributed by atoms with Crippen LogP contribution in [0.25, 0.3) is 0 Å². The molecule has 1 aromatic rings. The van der Waals surface area contributed by atoms with Crippen LogP contribution < -0.4 is 5.32 Å². The van der Waals surface area contributed by atoms with Gasteiger partial charge in [0.05, 0.1) is 0 Å². The Balaban J connectivity index is 0.00000264. The molecule has 1 aliphatic carbocycles. The summed E-state index contributed by atoms with van der Waals surface area (Å²) in [6.07, 6.45) is 3.71. The summed E-state index contributed by atoms with van der Waals surface area (Å²) in [6.45, 7) is 8.57. The Morgan fingerprint density at radius 1 is 1.43 bits per heavy atom. The van der Waals surface area contributed by atoms with Crippen LogP contribution in [0.3, 0.4) is 0 Å². The Kier molecular flexibility index (Phi) is 9.46. The smallest absolute Gasteiger partial charge is 0.193 e. The minimum absolute atomic E-state index is 0. The number of thiophene rings is 1. The molecule has 132 valence electrons. The molecule has 1 N–H and O–H groups in total. The van der Waals surface area contributed by atoms with Crippen LogP contribution in [0.4, 0.5) is 0 Å². The van der Waals surface area contributed by atoms with E-state index in [1.54, 1.807) is 11.3 Å². The summed E-state index contributed by atoms with van der Waals surface area (Å²) in [4.78, 5) is 7.10. The Labute approximate surface area is 161 Å². The van der Waals surface area contributed by atoms with Crippen molar-refractivity contribution in [1.82, 2.24) is 10.2 Å². The maximum atomic E-state index is 5.51. The SMILES string of the molecule is CCNC(=NCC1(CCOCC)CC1)N(C)Cc1ccsc1.I. The van der Waals surface area contributed by atoms with E-state index in [1.807, 2.05) is 0 Å². The monoisotopic (exact) mass is 451 g/mol. The molecule has 1 fully saturated rings. The number of guanidine groups is 1. The van der Waals surface area contributed by atoms with Crippen LogP contribution in [0.15, 0.2) is 21.8 Å². The molecule has 0 atom stereocenters. The largest absolute Gasteiger partial charge is 0.382 e. The van der Waals surface area contributed by atoms with Crippen molar-refractivity contribution in [2.75, 3.05) is 33.4 Å². The molecule has 0 aromatic carbocycles. The molecule has 0 amide bonds. The summed E-state index contributed by atoms with van der Waals surface area (Å²) >= 11 is 1.74. The summed E-state index contributed by atoms with van der Waals surface area (Å²) in [6, 6.07) is 2.18. The van der Waals surface area contributed by atoms with Crippen LogP contribution in [-0.2, 0) is 11.3 Å². The Bertz CT molecular complexity index is 460. The van der Waals surface area contributed by atoms with E-state index in [9.17, 15) is 0 Å². The van der Waals surface area contributed by atoms with E-state index in [-0.39, 0.29) is 24.0 Å². The van der Waals surface area contributed by atoms with E-state index in [0.29, 0.717) is 5.41 Å². The average molecular weight is 451 g/mol. The van der Waals surface area contributed by atoms with E-state index >= 15 is 0 Å². The molecule has 1 aliphatic rings. The molecule has 0 unspecified atom stereocenters. The van der Waals surface area contributed by atoms with Gasteiger partial charge in [0.1, 0.15) is 0 Å². The summed E-state index contributed by atoms with van der Waals surface area (Å²) in [5.74, 6) is 1.01. The van der Waals surface area contributed by atoms with Crippen molar-refractivity contribution in [3.8, 4) is 0 Å². The van der Waals surface area contributed by atoms with Crippen LogP contribution in [0.1, 0.15) is 38.7 Å². The topological polar surface area (TPSA) is 36.9 Å². The van der Waals surface area contributed by atoms with E-state index in [1.165, 1.54) is 18.4 Å². The maximum Gasteiger partial charge on any atom is 0.193 e. The lowest BCUT2D eigenvalue weighted by Gasteiger charge is -2.22. The zero-order chi connectivity index (χ0) is 15.8. The van der Waals surface area contributed by atoms with Gasteiger partial charge in [-0.05, 0) is 60.9 Å². The number of ether oxygens (including phenoxy) is 1. The van der Waals surface area contributed by atoms with Crippen LogP contribution >= 0.6 is 35.3 Å². The second-order valence-corrected chi connectivity index (χ2v) is 6.88. The fourth-order valence-electron chi connectivity index (χ4n) is 2.54. The van der Waals surface area contributed by atoms with E-state index in [2.05, 4.69) is 47.9 Å². The van der Waals surface area contributed by atoms with Crippen molar-refractivity contribution in [3.63, 3.8) is 0 Å². The fourth-order valence-corrected chi connectivity index (χ4v) is 3.20. The summed E-state index contributed by atoms with van der Waals surface area (Å²) in [5, 5.41) is 7.73. The summed E-state index contributed by atoms with van der Waals surface area (Å²) in [7, 11) is 2.11. The number of hydrogen-bond acceptors (Lipinski definition) is 3. The number of hydrogen-bond donors (Lipinski definition) is 1. The van der Waals surface area contributed by atoms with Crippen LogP contribution in [-0.4, -0.2) is 44.2 Å². The molecule has 1 aromatic heterocycles. The van der Waals surface area contributed by atoms with Gasteiger partial charge in [-0.15, -0.1) is 24.0 Å². The Morgan fingerprint density at radius 3 is 2.78 bits per heavy atom. The van der Waals surface area contributed by atoms with Crippen LogP contribution in [0.5, 0.6) is 0 Å². The molecule has 2 rings (SSSR count). The molecule has 0 spiro atoms. The number of nitrogens with zero attached hydrogens (tertiary/aromatic N) is 2. The first-order valence-electron chi connectivity index (χ1n) is 8.27. The predicted molar refractivity (Wildman–Crippen MR) is 110 cm³/mol. The van der Waals surface area contributed by atoms with Gasteiger partial charge in [0, 0.05) is 39.9 Å². The number of nitrogens with one attached hydrogen (secondary N) is 1. The van der Waals surface area contributed by atoms with Crippen molar-refractivity contribution in [2.24, 2.45) is 10.4 Å². The van der Waals surface area contributed by atoms with Crippen molar-refractivity contribution >= 4 is 41.3 Å². The van der Waals surface area contributed by atoms with Gasteiger partial charge in [-0.25, -0.2) is 0 Å². The highest BCUT2D eigenvalue weighted by Gasteiger charge is 2.42. The third kappa shape index (κ3) is 6.97. The third-order valence-corrected chi connectivity index (χ3v) is 4.93. The lowest BCUT2D eigenvalue weighted by Crippen LogP contribution is -2.38. The minimum Gasteiger partial charge on any atom is -0.382 e. The molecule has 0 radical (unpaired) electrons. The standard InChI is InChI=1S/C17H29N3OS.HI/c1-4-18-16(20(3)12-15-6-11-22-13-15)19-14-17(7-8-17)9-10-21-5-2;/h6,11,13H,4-5,7-10,12,14H2,1-3H3,(H,18,19);1H. The van der Waals surface area contributed by atoms with Gasteiger partial charge in [0.15, 0.2) is 5.96 Å². The molecule has 4 nitrogen and oxygen atoms in total. The summed E-state index contributed by atoms with van der Waals surface area (Å²) in [5.41, 5.74) is 1.74. The number of aliphatic imine (C=N–C) groups is 1. The second-order valence-electron chi connectivity index (χ2n) is 6.10. The third-order valence-electron chi connectivity index (χ3n) is 4.20. The van der Waals surface area contributed by atoms with Gasteiger partial charge in [-0.3, -0.25) is 4.99 Å². The normalized spacial score (nSPS) is 15.9. The van der Waals surface area contributed by atoms with Crippen molar-refractivity contribution < 1.29 is 4.74 Å². The first-order chi connectivity index (χ1) is 10.7. The highest BCUT2D eigenvalue weighted by atomic mass is 127. The maximum absolute atomic E-state index is 5.51. The zero-order valence-corrected chi connectivity index (χ0v) is 17.7. The molecule has 1 heterocycles. The number of rotatable bonds is 9. The fraction of sp³-hybridized carbons (Fsp3) is 0.706. The number of halogens is 1. The highest BCUT2D eigenvalue weighted by molar-refractivity contribution is 14.0. The van der Waals surface area contributed by atoms with Gasteiger partial charge in [-0.1, -0.05) is 0 Å². The predicted octanol–water partition coefficient (Wildman–Crippen LogP) is 3.97. The first kappa shape index (κ1) is 20.7. The quantitative estimate of drug-likeness (QED) is 0.267. The molecule has 0 bridgehead atoms. The van der Waals surface area contributed by atoms with E-state index < -0.39 is 0 Å². The van der Waals surface area contributed by atoms with Gasteiger partial charge in [-0.2, -0.15) is 11.3 Å². The summed E-state index contributed by atoms with van der Waals surface area (Å²) < 4.78 is 5.51. The van der Waals surface area contributed by atoms with Gasteiger partial charge in [0.2, 0.25) is 0 Å². The first-order valence-corrected chi connectivity index (χ1v) is 9.21. The Morgan fingerprint density at radius 2 is 2.22 bits per heavy atom. The molecule has 0 saturated heterocycles. The molecule has 0 aliphatic heterocycles. The lowest BCUT2D eigenvalue weighted by molar-refractivity contribution is 0.129. The van der Waals surface area contributed by atoms with Gasteiger partial charge >= 0.3 is 0 Å². The van der Waals surface area contributed by atoms with Crippen molar-refractivity contribution in [1.29, 1.82) is 0 Å². The molecule has 1 saturated carbocycles. The Hall–Kier alpha value is -0.340. The molecule has 6 heteroatoms. The van der Waals surface area contributed by atoms with E-state index in [0.717, 1.165) is 45.2 Å². The molecular weight excluding hydrogens is 421 g/mol. The van der Waals surface area contributed by atoms with Crippen molar-refractivity contribution in [2.45, 2.75) is 39.7 Å². The van der Waals surface area contributed by atoms with Gasteiger partial charge < -0.3 is 15.0 Å². The molecule has 23 heavy (non-hydrogen) atoms. The van der Waals surface area contributed by atoms with Gasteiger partial charge in [0.25, 0.3) is 0 Å². The van der Waals surface area contributed by atoms with Crippen LogP contribution in [0, 0.1) is 5.41 Å². The second kappa shape index (κ2) is 10.5. The molecular formula is C17H30IN3OS. The average Bonchev–Trinajstić information content (AvgIpc) is 3.09. The zero-order valence-electron chi connectivity index (χ0n) is 14.5. The van der Waals surface area contributed by atoms with E-state index in [4.69, 9.17) is 9.73 Å². The highest BCUT2D eigenvalue weighted by Crippen LogP contribution is 2.49. The minimum atomic E-state index is 0. The lowest BCUT2D eigenvalue weighted by atomic mass is 10.0. The van der Waals surface area contributed by atoms with Crippen molar-refractivity contribution in [3.05, 3.63) is 22.4 Å². The van der Waals surface area contributed by atoms with Crippen LogP contribution in [0.2, 0.25) is 0 Å².